The van der Waals surface area contributed by atoms with E-state index in [9.17, 15) is 13.7 Å². The molecule has 0 saturated carbocycles. The third kappa shape index (κ3) is 4.74. The second-order valence-electron chi connectivity index (χ2n) is 4.56. The van der Waals surface area contributed by atoms with E-state index in [1.54, 1.807) is 6.26 Å². The van der Waals surface area contributed by atoms with Crippen molar-refractivity contribution in [3.8, 4) is 5.75 Å². The van der Waals surface area contributed by atoms with Gasteiger partial charge in [-0.15, -0.1) is 0 Å². The maximum atomic E-state index is 13.1. The summed E-state index contributed by atoms with van der Waals surface area (Å²) in [6, 6.07) is 3.93. The molecule has 1 aromatic carbocycles. The molecule has 3 unspecified atom stereocenters. The number of benzene rings is 1. The number of phenolic OH excluding ortho intramolecular Hbond substituents is 1. The molecular formula is C13H20FNO2S. The zero-order chi connectivity index (χ0) is 13.7. The molecule has 0 aliphatic heterocycles. The van der Waals surface area contributed by atoms with Gasteiger partial charge >= 0.3 is 0 Å². The summed E-state index contributed by atoms with van der Waals surface area (Å²) in [5.74, 6) is 0.358. The van der Waals surface area contributed by atoms with Gasteiger partial charge in [-0.3, -0.25) is 4.21 Å². The molecular weight excluding hydrogens is 253 g/mol. The number of rotatable bonds is 6. The van der Waals surface area contributed by atoms with Gasteiger partial charge in [0.05, 0.1) is 0 Å². The number of nitrogens with one attached hydrogen (secondary N) is 1. The lowest BCUT2D eigenvalue weighted by molar-refractivity contribution is 0.428. The van der Waals surface area contributed by atoms with Crippen LogP contribution in [-0.4, -0.2) is 27.4 Å². The molecule has 0 bridgehead atoms. The predicted molar refractivity (Wildman–Crippen MR) is 72.6 cm³/mol. The molecule has 102 valence electrons. The SMILES string of the molecule is CC(CCS(C)=O)NC(C)c1cc(F)ccc1O. The van der Waals surface area contributed by atoms with Gasteiger partial charge in [0.2, 0.25) is 0 Å². The number of hydrogen-bond acceptors (Lipinski definition) is 3. The Morgan fingerprint density at radius 2 is 2.11 bits per heavy atom. The van der Waals surface area contributed by atoms with Gasteiger partial charge in [0.25, 0.3) is 0 Å². The van der Waals surface area contributed by atoms with Gasteiger partial charge in [0.1, 0.15) is 11.6 Å². The fourth-order valence-corrected chi connectivity index (χ4v) is 2.50. The highest BCUT2D eigenvalue weighted by atomic mass is 32.2. The van der Waals surface area contributed by atoms with Gasteiger partial charge < -0.3 is 10.4 Å². The highest BCUT2D eigenvalue weighted by molar-refractivity contribution is 7.84. The van der Waals surface area contributed by atoms with Crippen LogP contribution in [0.2, 0.25) is 0 Å². The minimum Gasteiger partial charge on any atom is -0.508 e. The van der Waals surface area contributed by atoms with Gasteiger partial charge in [0, 0.05) is 40.5 Å². The molecule has 18 heavy (non-hydrogen) atoms. The molecule has 5 heteroatoms. The van der Waals surface area contributed by atoms with E-state index in [1.165, 1.54) is 18.2 Å². The van der Waals surface area contributed by atoms with Crippen molar-refractivity contribution in [3.05, 3.63) is 29.6 Å². The third-order valence-corrected chi connectivity index (χ3v) is 3.64. The molecule has 3 nitrogen and oxygen atoms in total. The highest BCUT2D eigenvalue weighted by Gasteiger charge is 2.14. The number of phenols is 1. The summed E-state index contributed by atoms with van der Waals surface area (Å²) < 4.78 is 24.1. The Kier molecular flexibility index (Phi) is 5.75. The highest BCUT2D eigenvalue weighted by Crippen LogP contribution is 2.25. The van der Waals surface area contributed by atoms with Crippen LogP contribution in [-0.2, 0) is 10.8 Å². The second kappa shape index (κ2) is 6.85. The van der Waals surface area contributed by atoms with Crippen molar-refractivity contribution in [2.75, 3.05) is 12.0 Å². The van der Waals surface area contributed by atoms with Crippen LogP contribution >= 0.6 is 0 Å². The van der Waals surface area contributed by atoms with Crippen LogP contribution in [0.15, 0.2) is 18.2 Å². The smallest absolute Gasteiger partial charge is 0.123 e. The first kappa shape index (κ1) is 15.1. The van der Waals surface area contributed by atoms with Crippen molar-refractivity contribution in [1.29, 1.82) is 0 Å². The van der Waals surface area contributed by atoms with Crippen molar-refractivity contribution in [1.82, 2.24) is 5.32 Å². The van der Waals surface area contributed by atoms with Crippen LogP contribution in [0.3, 0.4) is 0 Å². The maximum absolute atomic E-state index is 13.1. The van der Waals surface area contributed by atoms with Crippen LogP contribution < -0.4 is 5.32 Å². The minimum atomic E-state index is -0.803. The largest absolute Gasteiger partial charge is 0.508 e. The zero-order valence-electron chi connectivity index (χ0n) is 10.9. The Morgan fingerprint density at radius 1 is 1.44 bits per heavy atom. The summed E-state index contributed by atoms with van der Waals surface area (Å²) >= 11 is 0. The molecule has 2 N–H and O–H groups in total. The van der Waals surface area contributed by atoms with Gasteiger partial charge in [-0.25, -0.2) is 4.39 Å². The first-order valence-corrected chi connectivity index (χ1v) is 7.67. The minimum absolute atomic E-state index is 0.0858. The van der Waals surface area contributed by atoms with Gasteiger partial charge in [-0.2, -0.15) is 0 Å². The van der Waals surface area contributed by atoms with Crippen molar-refractivity contribution in [2.45, 2.75) is 32.4 Å². The predicted octanol–water partition coefficient (Wildman–Crippen LogP) is 2.34. The monoisotopic (exact) mass is 273 g/mol. The van der Waals surface area contributed by atoms with Crippen molar-refractivity contribution < 1.29 is 13.7 Å². The average Bonchev–Trinajstić information content (AvgIpc) is 2.29. The van der Waals surface area contributed by atoms with E-state index in [4.69, 9.17) is 0 Å². The van der Waals surface area contributed by atoms with E-state index >= 15 is 0 Å². The maximum Gasteiger partial charge on any atom is 0.123 e. The lowest BCUT2D eigenvalue weighted by atomic mass is 10.1. The summed E-state index contributed by atoms with van der Waals surface area (Å²) in [6.45, 7) is 3.85. The fourth-order valence-electron chi connectivity index (χ4n) is 1.81. The van der Waals surface area contributed by atoms with Crippen molar-refractivity contribution >= 4 is 10.8 Å². The summed E-state index contributed by atoms with van der Waals surface area (Å²) in [7, 11) is -0.803. The molecule has 0 saturated heterocycles. The Morgan fingerprint density at radius 3 is 2.72 bits per heavy atom. The first-order valence-electron chi connectivity index (χ1n) is 5.94. The van der Waals surface area contributed by atoms with E-state index in [-0.39, 0.29) is 23.7 Å². The zero-order valence-corrected chi connectivity index (χ0v) is 11.8. The Balaban J connectivity index is 2.61. The standard InChI is InChI=1S/C13H20FNO2S/c1-9(6-7-18(3)17)15-10(2)12-8-11(14)4-5-13(12)16/h4-5,8-10,15-16H,6-7H2,1-3H3. The Hall–Kier alpha value is -0.940. The molecule has 0 radical (unpaired) electrons. The number of hydrogen-bond donors (Lipinski definition) is 2. The fraction of sp³-hybridized carbons (Fsp3) is 0.538. The lowest BCUT2D eigenvalue weighted by Crippen LogP contribution is -2.30. The lowest BCUT2D eigenvalue weighted by Gasteiger charge is -2.20. The Labute approximate surface area is 110 Å². The Bertz CT molecular complexity index is 425. The quantitative estimate of drug-likeness (QED) is 0.836. The summed E-state index contributed by atoms with van der Waals surface area (Å²) in [5.41, 5.74) is 0.541. The van der Waals surface area contributed by atoms with Gasteiger partial charge in [0.15, 0.2) is 0 Å². The molecule has 0 aliphatic carbocycles. The summed E-state index contributed by atoms with van der Waals surface area (Å²) in [6.07, 6.45) is 2.46. The van der Waals surface area contributed by atoms with Gasteiger partial charge in [-0.05, 0) is 38.5 Å². The summed E-state index contributed by atoms with van der Waals surface area (Å²) in [5, 5.41) is 12.9. The van der Waals surface area contributed by atoms with Crippen molar-refractivity contribution in [3.63, 3.8) is 0 Å². The van der Waals surface area contributed by atoms with Crippen LogP contribution in [0.1, 0.15) is 31.9 Å². The van der Waals surface area contributed by atoms with Crippen LogP contribution in [0, 0.1) is 5.82 Å². The van der Waals surface area contributed by atoms with E-state index in [0.29, 0.717) is 11.3 Å². The van der Waals surface area contributed by atoms with E-state index in [2.05, 4.69) is 5.32 Å². The normalized spacial score (nSPS) is 16.2. The number of halogens is 1. The number of aromatic hydroxyl groups is 1. The molecule has 0 fully saturated rings. The topological polar surface area (TPSA) is 49.3 Å². The van der Waals surface area contributed by atoms with Crippen LogP contribution in [0.4, 0.5) is 4.39 Å². The average molecular weight is 273 g/mol. The third-order valence-electron chi connectivity index (χ3n) is 2.83. The molecule has 0 heterocycles. The first-order chi connectivity index (χ1) is 8.40. The van der Waals surface area contributed by atoms with E-state index < -0.39 is 10.8 Å². The van der Waals surface area contributed by atoms with E-state index in [0.717, 1.165) is 6.42 Å². The molecule has 1 aromatic rings. The molecule has 1 rings (SSSR count). The second-order valence-corrected chi connectivity index (χ2v) is 6.11. The van der Waals surface area contributed by atoms with Crippen LogP contribution in [0.25, 0.3) is 0 Å². The molecule has 0 spiro atoms. The molecule has 0 aliphatic rings. The van der Waals surface area contributed by atoms with Gasteiger partial charge in [-0.1, -0.05) is 0 Å². The molecule has 3 atom stereocenters. The van der Waals surface area contributed by atoms with E-state index in [1.807, 2.05) is 13.8 Å². The van der Waals surface area contributed by atoms with Crippen LogP contribution in [0.5, 0.6) is 5.75 Å². The molecule has 0 amide bonds. The van der Waals surface area contributed by atoms with Crippen molar-refractivity contribution in [2.24, 2.45) is 0 Å². The summed E-state index contributed by atoms with van der Waals surface area (Å²) in [4.78, 5) is 0. The molecule has 0 aromatic heterocycles.